The van der Waals surface area contributed by atoms with Gasteiger partial charge in [0.05, 0.1) is 16.9 Å². The number of hydrogen-bond acceptors (Lipinski definition) is 4. The van der Waals surface area contributed by atoms with Crippen molar-refractivity contribution in [2.75, 3.05) is 0 Å². The maximum absolute atomic E-state index is 13.5. The van der Waals surface area contributed by atoms with E-state index in [1.807, 2.05) is 0 Å². The van der Waals surface area contributed by atoms with Gasteiger partial charge < -0.3 is 8.83 Å². The summed E-state index contributed by atoms with van der Waals surface area (Å²) in [5.41, 5.74) is 3.06. The largest absolute Gasteiger partial charge is 0.455 e. The molecule has 2 aromatic heterocycles. The highest BCUT2D eigenvalue weighted by Crippen LogP contribution is 2.29. The number of rotatable bonds is 4. The van der Waals surface area contributed by atoms with Gasteiger partial charge in [0, 0.05) is 11.1 Å². The Morgan fingerprint density at radius 2 is 1.77 bits per heavy atom. The lowest BCUT2D eigenvalue weighted by Gasteiger charge is -1.98. The van der Waals surface area contributed by atoms with Crippen molar-refractivity contribution >= 4 is 34.6 Å². The Labute approximate surface area is 180 Å². The molecule has 0 fully saturated rings. The van der Waals surface area contributed by atoms with E-state index in [1.165, 1.54) is 24.3 Å². The summed E-state index contributed by atoms with van der Waals surface area (Å²) in [7, 11) is 0. The fourth-order valence-corrected chi connectivity index (χ4v) is 3.29. The van der Waals surface area contributed by atoms with Gasteiger partial charge >= 0.3 is 0 Å². The van der Waals surface area contributed by atoms with Gasteiger partial charge in [-0.2, -0.15) is 0 Å². The van der Waals surface area contributed by atoms with Gasteiger partial charge in [-0.1, -0.05) is 17.7 Å². The fraction of sp³-hybridized carbons (Fsp3) is 0. The van der Waals surface area contributed by atoms with Gasteiger partial charge in [-0.25, -0.2) is 13.8 Å². The second-order valence-electron chi connectivity index (χ2n) is 6.77. The predicted octanol–water partition coefficient (Wildman–Crippen LogP) is 7.44. The van der Waals surface area contributed by atoms with Gasteiger partial charge in [-0.3, -0.25) is 4.99 Å². The summed E-state index contributed by atoms with van der Waals surface area (Å²) < 4.78 is 38.3. The van der Waals surface area contributed by atoms with E-state index in [9.17, 15) is 8.78 Å². The molecular weight excluding hydrogens is 422 g/mol. The molecule has 0 N–H and O–H groups in total. The molecule has 0 unspecified atom stereocenters. The van der Waals surface area contributed by atoms with E-state index in [0.717, 1.165) is 0 Å². The van der Waals surface area contributed by atoms with Crippen molar-refractivity contribution in [3.8, 4) is 22.8 Å². The Hall–Kier alpha value is -3.77. The highest BCUT2D eigenvalue weighted by Gasteiger charge is 2.10. The van der Waals surface area contributed by atoms with E-state index in [2.05, 4.69) is 9.98 Å². The lowest BCUT2D eigenvalue weighted by molar-refractivity contribution is 0.574. The molecule has 2 heterocycles. The molecule has 0 saturated heterocycles. The van der Waals surface area contributed by atoms with Crippen LogP contribution < -0.4 is 0 Å². The minimum atomic E-state index is -0.484. The first-order chi connectivity index (χ1) is 15.0. The number of fused-ring (bicyclic) bond motifs is 1. The standard InChI is InChI=1S/C24H13ClF2N2O2/c25-19-11-14(4-7-20(19)27)22-9-6-18(30-22)13-28-17-5-8-23-21(12-17)29-24(31-23)15-2-1-3-16(26)10-15/h1-13H. The molecule has 152 valence electrons. The molecule has 0 amide bonds. The minimum Gasteiger partial charge on any atom is -0.455 e. The Morgan fingerprint density at radius 1 is 0.871 bits per heavy atom. The van der Waals surface area contributed by atoms with Gasteiger partial charge in [0.15, 0.2) is 5.58 Å². The molecule has 4 nitrogen and oxygen atoms in total. The number of aliphatic imine (C=N–C) groups is 1. The first kappa shape index (κ1) is 19.2. The van der Waals surface area contributed by atoms with Crippen LogP contribution in [0.3, 0.4) is 0 Å². The average Bonchev–Trinajstić information content (AvgIpc) is 3.41. The molecule has 3 aromatic carbocycles. The normalized spacial score (nSPS) is 11.6. The van der Waals surface area contributed by atoms with Crippen LogP contribution in [0.1, 0.15) is 5.76 Å². The van der Waals surface area contributed by atoms with Crippen LogP contribution in [-0.4, -0.2) is 11.2 Å². The Morgan fingerprint density at radius 3 is 2.61 bits per heavy atom. The van der Waals surface area contributed by atoms with Gasteiger partial charge in [0.1, 0.15) is 28.7 Å². The second-order valence-corrected chi connectivity index (χ2v) is 7.18. The van der Waals surface area contributed by atoms with Gasteiger partial charge in [-0.05, 0) is 66.7 Å². The molecule has 0 aliphatic heterocycles. The number of aromatic nitrogens is 1. The summed E-state index contributed by atoms with van der Waals surface area (Å²) in [5.74, 6) is 0.573. The van der Waals surface area contributed by atoms with Crippen molar-refractivity contribution < 1.29 is 17.6 Å². The molecule has 0 atom stereocenters. The van der Waals surface area contributed by atoms with Gasteiger partial charge in [-0.15, -0.1) is 0 Å². The molecule has 5 rings (SSSR count). The molecule has 0 bridgehead atoms. The van der Waals surface area contributed by atoms with Gasteiger partial charge in [0.2, 0.25) is 5.89 Å². The first-order valence-electron chi connectivity index (χ1n) is 9.31. The lowest BCUT2D eigenvalue weighted by atomic mass is 10.2. The van der Waals surface area contributed by atoms with E-state index in [0.29, 0.717) is 45.3 Å². The van der Waals surface area contributed by atoms with Crippen molar-refractivity contribution in [2.24, 2.45) is 4.99 Å². The number of halogens is 3. The van der Waals surface area contributed by atoms with Crippen LogP contribution in [-0.2, 0) is 0 Å². The molecule has 0 radical (unpaired) electrons. The zero-order valence-corrected chi connectivity index (χ0v) is 16.6. The van der Waals surface area contributed by atoms with Crippen molar-refractivity contribution in [1.82, 2.24) is 4.98 Å². The van der Waals surface area contributed by atoms with Crippen LogP contribution in [0.2, 0.25) is 5.02 Å². The quantitative estimate of drug-likeness (QED) is 0.276. The number of nitrogens with zero attached hydrogens (tertiary/aromatic N) is 2. The molecule has 7 heteroatoms. The van der Waals surface area contributed by atoms with Crippen molar-refractivity contribution in [3.05, 3.63) is 95.2 Å². The first-order valence-corrected chi connectivity index (χ1v) is 9.69. The highest BCUT2D eigenvalue weighted by atomic mass is 35.5. The monoisotopic (exact) mass is 434 g/mol. The summed E-state index contributed by atoms with van der Waals surface area (Å²) in [6, 6.07) is 19.3. The highest BCUT2D eigenvalue weighted by molar-refractivity contribution is 6.31. The van der Waals surface area contributed by atoms with Crippen LogP contribution in [0.4, 0.5) is 14.5 Å². The van der Waals surface area contributed by atoms with E-state index in [1.54, 1.807) is 54.7 Å². The Balaban J connectivity index is 1.39. The van der Waals surface area contributed by atoms with Crippen molar-refractivity contribution in [2.45, 2.75) is 0 Å². The summed E-state index contributed by atoms with van der Waals surface area (Å²) in [4.78, 5) is 8.84. The van der Waals surface area contributed by atoms with E-state index >= 15 is 0 Å². The zero-order chi connectivity index (χ0) is 21.4. The van der Waals surface area contributed by atoms with Crippen molar-refractivity contribution in [3.63, 3.8) is 0 Å². The van der Waals surface area contributed by atoms with Crippen molar-refractivity contribution in [1.29, 1.82) is 0 Å². The molecule has 0 spiro atoms. The van der Waals surface area contributed by atoms with Gasteiger partial charge in [0.25, 0.3) is 0 Å². The van der Waals surface area contributed by atoms with Crippen LogP contribution >= 0.6 is 11.6 Å². The Bertz CT molecular complexity index is 1440. The van der Waals surface area contributed by atoms with Crippen LogP contribution in [0.5, 0.6) is 0 Å². The van der Waals surface area contributed by atoms with Crippen LogP contribution in [0.25, 0.3) is 33.9 Å². The molecule has 0 saturated carbocycles. The number of furan rings is 1. The lowest BCUT2D eigenvalue weighted by Crippen LogP contribution is -1.79. The minimum absolute atomic E-state index is 0.0302. The second kappa shape index (κ2) is 7.81. The summed E-state index contributed by atoms with van der Waals surface area (Å²) in [6.07, 6.45) is 1.57. The van der Waals surface area contributed by atoms with Crippen LogP contribution in [0, 0.1) is 11.6 Å². The summed E-state index contributed by atoms with van der Waals surface area (Å²) >= 11 is 5.83. The third-order valence-electron chi connectivity index (χ3n) is 4.61. The number of hydrogen-bond donors (Lipinski definition) is 0. The third kappa shape index (κ3) is 3.98. The zero-order valence-electron chi connectivity index (χ0n) is 15.9. The van der Waals surface area contributed by atoms with E-state index < -0.39 is 5.82 Å². The molecule has 0 aliphatic carbocycles. The number of benzene rings is 3. The molecule has 5 aromatic rings. The topological polar surface area (TPSA) is 51.5 Å². The summed E-state index contributed by atoms with van der Waals surface area (Å²) in [6.45, 7) is 0. The SMILES string of the molecule is Fc1cccc(-c2nc3cc(N=Cc4ccc(-c5ccc(F)c(Cl)c5)o4)ccc3o2)c1. The molecule has 0 aliphatic rings. The van der Waals surface area contributed by atoms with E-state index in [4.69, 9.17) is 20.4 Å². The smallest absolute Gasteiger partial charge is 0.227 e. The van der Waals surface area contributed by atoms with Crippen LogP contribution in [0.15, 0.2) is 86.6 Å². The fourth-order valence-electron chi connectivity index (χ4n) is 3.11. The third-order valence-corrected chi connectivity index (χ3v) is 4.90. The van der Waals surface area contributed by atoms with E-state index in [-0.39, 0.29) is 10.8 Å². The summed E-state index contributed by atoms with van der Waals surface area (Å²) in [5, 5.41) is 0.0302. The Kier molecular flexibility index (Phi) is 4.84. The predicted molar refractivity (Wildman–Crippen MR) is 116 cm³/mol. The number of oxazole rings is 1. The average molecular weight is 435 g/mol. The maximum atomic E-state index is 13.5. The maximum Gasteiger partial charge on any atom is 0.227 e. The molecular formula is C24H13ClF2N2O2. The molecule has 31 heavy (non-hydrogen) atoms.